The molecule has 0 aliphatic carbocycles. The van der Waals surface area contributed by atoms with Gasteiger partial charge in [0.1, 0.15) is 11.4 Å². The molecule has 2 atom stereocenters. The van der Waals surface area contributed by atoms with Crippen LogP contribution in [0.3, 0.4) is 0 Å². The Balaban J connectivity index is 1.45. The Bertz CT molecular complexity index is 1020. The van der Waals surface area contributed by atoms with E-state index in [0.29, 0.717) is 24.4 Å². The minimum absolute atomic E-state index is 0.0866. The van der Waals surface area contributed by atoms with Crippen molar-refractivity contribution >= 4 is 40.9 Å². The van der Waals surface area contributed by atoms with Crippen LogP contribution in [-0.4, -0.2) is 39.9 Å². The number of aromatic nitrogens is 1. The normalized spacial score (nSPS) is 20.6. The summed E-state index contributed by atoms with van der Waals surface area (Å²) in [6.45, 7) is 0.773. The van der Waals surface area contributed by atoms with Gasteiger partial charge in [0.2, 0.25) is 5.91 Å². The van der Waals surface area contributed by atoms with E-state index >= 15 is 0 Å². The van der Waals surface area contributed by atoms with Crippen LogP contribution in [0.5, 0.6) is 0 Å². The van der Waals surface area contributed by atoms with Crippen molar-refractivity contribution in [1.29, 1.82) is 0 Å². The van der Waals surface area contributed by atoms with E-state index < -0.39 is 23.3 Å². The molecule has 2 aliphatic heterocycles. The molecule has 1 saturated heterocycles. The molecule has 10 heteroatoms. The van der Waals surface area contributed by atoms with E-state index in [-0.39, 0.29) is 18.0 Å². The van der Waals surface area contributed by atoms with Gasteiger partial charge in [0.25, 0.3) is 5.91 Å². The van der Waals surface area contributed by atoms with Gasteiger partial charge in [0.15, 0.2) is 18.9 Å². The summed E-state index contributed by atoms with van der Waals surface area (Å²) in [5, 5.41) is 14.1. The predicted molar refractivity (Wildman–Crippen MR) is 110 cm³/mol. The van der Waals surface area contributed by atoms with Gasteiger partial charge in [-0.3, -0.25) is 14.5 Å². The highest BCUT2D eigenvalue weighted by Crippen LogP contribution is 2.40. The lowest BCUT2D eigenvalue weighted by molar-refractivity contribution is -0.689. The van der Waals surface area contributed by atoms with Gasteiger partial charge < -0.3 is 21.0 Å². The first-order valence-corrected chi connectivity index (χ1v) is 11.2. The average Bonchev–Trinajstić information content (AvgIpc) is 3.19. The number of rotatable bonds is 7. The highest BCUT2D eigenvalue weighted by atomic mass is 32.2. The average molecular weight is 445 g/mol. The SMILES string of the molecule is NCc1ccc(CC(=O)N[C@@H]2C(=O)N3C(C(=O)[O-])=C(C[n+]4ccccc4)CS[C@@H]23)s1. The second-order valence-corrected chi connectivity index (χ2v) is 9.35. The number of carbonyl (C=O) groups excluding carboxylic acids is 3. The van der Waals surface area contributed by atoms with Gasteiger partial charge >= 0.3 is 0 Å². The number of amides is 2. The maximum Gasteiger partial charge on any atom is 0.253 e. The van der Waals surface area contributed by atoms with Crippen molar-refractivity contribution in [3.05, 3.63) is 63.7 Å². The lowest BCUT2D eigenvalue weighted by Gasteiger charge is -2.50. The summed E-state index contributed by atoms with van der Waals surface area (Å²) in [6.07, 6.45) is 3.82. The number of carbonyl (C=O) groups is 3. The molecule has 0 unspecified atom stereocenters. The summed E-state index contributed by atoms with van der Waals surface area (Å²) in [4.78, 5) is 40.0. The lowest BCUT2D eigenvalue weighted by Crippen LogP contribution is -2.71. The summed E-state index contributed by atoms with van der Waals surface area (Å²) in [6, 6.07) is 8.56. The number of pyridine rings is 1. The lowest BCUT2D eigenvalue weighted by atomic mass is 10.0. The standard InChI is InChI=1S/C20H20N4O4S2/c21-9-14-5-4-13(30-14)8-15(25)22-16-18(26)24-17(20(27)28)12(11-29-19(16)24)10-23-6-2-1-3-7-23/h1-7,16,19H,8-11,21H2,(H-,22,25,27,28)/t16-,19+/m1/s1. The van der Waals surface area contributed by atoms with Gasteiger partial charge in [-0.25, -0.2) is 4.57 Å². The van der Waals surface area contributed by atoms with Gasteiger partial charge in [-0.05, 0) is 12.1 Å². The largest absolute Gasteiger partial charge is 0.543 e. The van der Waals surface area contributed by atoms with Crippen LogP contribution in [-0.2, 0) is 33.9 Å². The smallest absolute Gasteiger partial charge is 0.253 e. The van der Waals surface area contributed by atoms with Crippen LogP contribution in [0, 0.1) is 0 Å². The molecule has 4 heterocycles. The predicted octanol–water partition coefficient (Wildman–Crippen LogP) is -0.859. The molecule has 30 heavy (non-hydrogen) atoms. The number of carboxylic acids is 1. The van der Waals surface area contributed by atoms with Gasteiger partial charge in [-0.1, -0.05) is 6.07 Å². The highest BCUT2D eigenvalue weighted by Gasteiger charge is 2.53. The maximum absolute atomic E-state index is 12.7. The fourth-order valence-corrected chi connectivity index (χ4v) is 5.79. The van der Waals surface area contributed by atoms with Gasteiger partial charge in [-0.2, -0.15) is 0 Å². The van der Waals surface area contributed by atoms with E-state index in [2.05, 4.69) is 5.32 Å². The summed E-state index contributed by atoms with van der Waals surface area (Å²) >= 11 is 2.90. The topological polar surface area (TPSA) is 119 Å². The van der Waals surface area contributed by atoms with Crippen molar-refractivity contribution in [2.75, 3.05) is 5.75 Å². The number of thiophene rings is 1. The van der Waals surface area contributed by atoms with Crippen LogP contribution in [0.2, 0.25) is 0 Å². The molecule has 1 fully saturated rings. The first-order chi connectivity index (χ1) is 14.5. The number of nitrogens with two attached hydrogens (primary N) is 1. The van der Waals surface area contributed by atoms with Crippen LogP contribution < -0.4 is 20.7 Å². The van der Waals surface area contributed by atoms with Crippen molar-refractivity contribution < 1.29 is 24.1 Å². The molecule has 3 N–H and O–H groups in total. The van der Waals surface area contributed by atoms with Crippen LogP contribution in [0.15, 0.2) is 54.0 Å². The second kappa shape index (κ2) is 8.58. The molecule has 2 aromatic heterocycles. The highest BCUT2D eigenvalue weighted by molar-refractivity contribution is 8.00. The minimum atomic E-state index is -1.38. The summed E-state index contributed by atoms with van der Waals surface area (Å²) < 4.78 is 1.85. The zero-order chi connectivity index (χ0) is 21.3. The van der Waals surface area contributed by atoms with E-state index in [1.165, 1.54) is 28.0 Å². The molecule has 2 aromatic rings. The number of β-lactam (4-membered cyclic amide) rings is 1. The third kappa shape index (κ3) is 3.98. The molecular weight excluding hydrogens is 424 g/mol. The fourth-order valence-electron chi connectivity index (χ4n) is 3.56. The number of carboxylic acid groups (broad SMARTS) is 1. The van der Waals surface area contributed by atoms with Crippen LogP contribution >= 0.6 is 23.1 Å². The Morgan fingerprint density at radius 3 is 2.63 bits per heavy atom. The fraction of sp³-hybridized carbons (Fsp3) is 0.300. The van der Waals surface area contributed by atoms with Gasteiger partial charge in [-0.15, -0.1) is 23.1 Å². The second-order valence-electron chi connectivity index (χ2n) is 6.99. The molecule has 4 rings (SSSR count). The Morgan fingerprint density at radius 1 is 1.23 bits per heavy atom. The van der Waals surface area contributed by atoms with E-state index in [9.17, 15) is 19.5 Å². The molecule has 0 saturated carbocycles. The van der Waals surface area contributed by atoms with Crippen LogP contribution in [0.25, 0.3) is 0 Å². The minimum Gasteiger partial charge on any atom is -0.543 e. The number of hydrogen-bond acceptors (Lipinski definition) is 7. The Kier molecular flexibility index (Phi) is 5.89. The number of nitrogens with one attached hydrogen (secondary N) is 1. The number of thioether (sulfide) groups is 1. The molecule has 0 aromatic carbocycles. The quantitative estimate of drug-likeness (QED) is 0.424. The van der Waals surface area contributed by atoms with Crippen molar-refractivity contribution in [2.24, 2.45) is 5.73 Å². The van der Waals surface area contributed by atoms with Crippen LogP contribution in [0.1, 0.15) is 9.75 Å². The van der Waals surface area contributed by atoms with Crippen molar-refractivity contribution in [3.8, 4) is 0 Å². The van der Waals surface area contributed by atoms with Crippen molar-refractivity contribution in [3.63, 3.8) is 0 Å². The third-order valence-electron chi connectivity index (χ3n) is 4.96. The third-order valence-corrected chi connectivity index (χ3v) is 7.41. The number of hydrogen-bond donors (Lipinski definition) is 2. The van der Waals surface area contributed by atoms with E-state index in [1.807, 2.05) is 47.3 Å². The maximum atomic E-state index is 12.7. The van der Waals surface area contributed by atoms with E-state index in [1.54, 1.807) is 0 Å². The number of nitrogens with zero attached hydrogens (tertiary/aromatic N) is 2. The summed E-state index contributed by atoms with van der Waals surface area (Å²) in [5.41, 5.74) is 6.12. The van der Waals surface area contributed by atoms with E-state index in [4.69, 9.17) is 5.73 Å². The number of aliphatic carboxylic acids is 1. The molecule has 156 valence electrons. The monoisotopic (exact) mass is 444 g/mol. The zero-order valence-electron chi connectivity index (χ0n) is 15.9. The molecule has 0 bridgehead atoms. The molecule has 8 nitrogen and oxygen atoms in total. The van der Waals surface area contributed by atoms with Crippen LogP contribution in [0.4, 0.5) is 0 Å². The summed E-state index contributed by atoms with van der Waals surface area (Å²) in [7, 11) is 0. The zero-order valence-corrected chi connectivity index (χ0v) is 17.6. The van der Waals surface area contributed by atoms with Crippen molar-refractivity contribution in [1.82, 2.24) is 10.2 Å². The van der Waals surface area contributed by atoms with Gasteiger partial charge in [0.05, 0.1) is 18.1 Å². The molecule has 0 spiro atoms. The Morgan fingerprint density at radius 2 is 1.97 bits per heavy atom. The Labute approximate surface area is 181 Å². The Hall–Kier alpha value is -2.69. The first-order valence-electron chi connectivity index (χ1n) is 9.37. The number of fused-ring (bicyclic) bond motifs is 1. The summed E-state index contributed by atoms with van der Waals surface area (Å²) in [5.74, 6) is -1.64. The van der Waals surface area contributed by atoms with E-state index in [0.717, 1.165) is 9.75 Å². The molecule has 2 aliphatic rings. The first kappa shape index (κ1) is 20.6. The van der Waals surface area contributed by atoms with Gasteiger partial charge in [0, 0.05) is 39.8 Å². The molecule has 2 amide bonds. The molecule has 0 radical (unpaired) electrons. The van der Waals surface area contributed by atoms with Crippen molar-refractivity contribution in [2.45, 2.75) is 30.9 Å². The molecular formula is C20H20N4O4S2.